The van der Waals surface area contributed by atoms with Crippen LogP contribution in [0.2, 0.25) is 0 Å². The van der Waals surface area contributed by atoms with Crippen LogP contribution in [0.5, 0.6) is 0 Å². The number of ether oxygens (including phenoxy) is 1. The lowest BCUT2D eigenvalue weighted by Crippen LogP contribution is -2.58. The first kappa shape index (κ1) is 16.2. The van der Waals surface area contributed by atoms with Crippen LogP contribution in [0.25, 0.3) is 0 Å². The van der Waals surface area contributed by atoms with E-state index in [1.807, 2.05) is 0 Å². The number of hydrazine groups is 1. The van der Waals surface area contributed by atoms with Crippen molar-refractivity contribution in [2.75, 3.05) is 26.2 Å². The van der Waals surface area contributed by atoms with E-state index in [1.54, 1.807) is 0 Å². The van der Waals surface area contributed by atoms with Gasteiger partial charge >= 0.3 is 0 Å². The van der Waals surface area contributed by atoms with Crippen LogP contribution in [0.3, 0.4) is 0 Å². The fourth-order valence-corrected chi connectivity index (χ4v) is 4.19. The van der Waals surface area contributed by atoms with E-state index in [4.69, 9.17) is 10.6 Å². The quantitative estimate of drug-likeness (QED) is 0.579. The van der Waals surface area contributed by atoms with Gasteiger partial charge in [-0.1, -0.05) is 39.5 Å². The number of rotatable bonds is 6. The van der Waals surface area contributed by atoms with Crippen molar-refractivity contribution in [2.45, 2.75) is 64.5 Å². The maximum atomic E-state index is 6.07. The molecule has 1 heterocycles. The van der Waals surface area contributed by atoms with Crippen molar-refractivity contribution < 1.29 is 4.74 Å². The Balaban J connectivity index is 1.98. The highest BCUT2D eigenvalue weighted by Gasteiger charge is 2.37. The maximum Gasteiger partial charge on any atom is 0.0871 e. The van der Waals surface area contributed by atoms with E-state index < -0.39 is 0 Å². The smallest absolute Gasteiger partial charge is 0.0871 e. The molecule has 20 heavy (non-hydrogen) atoms. The summed E-state index contributed by atoms with van der Waals surface area (Å²) in [6, 6.07) is 0.319. The molecule has 3 N–H and O–H groups in total. The molecule has 2 rings (SSSR count). The molecule has 0 bridgehead atoms. The van der Waals surface area contributed by atoms with E-state index in [9.17, 15) is 0 Å². The van der Waals surface area contributed by atoms with Crippen LogP contribution in [0.4, 0.5) is 0 Å². The Morgan fingerprint density at radius 2 is 2.10 bits per heavy atom. The second-order valence-electron chi connectivity index (χ2n) is 6.52. The van der Waals surface area contributed by atoms with Gasteiger partial charge in [-0.25, -0.2) is 0 Å². The molecule has 118 valence electrons. The van der Waals surface area contributed by atoms with Crippen LogP contribution in [-0.4, -0.2) is 43.3 Å². The molecule has 2 aliphatic rings. The minimum atomic E-state index is 0.262. The standard InChI is InChI=1S/C16H33N3O/c1-3-9-19-10-11-20-15(12-19)16(18-17)14-8-6-5-7-13(14)4-2/h13-16,18H,3-12,17H2,1-2H3. The van der Waals surface area contributed by atoms with Gasteiger partial charge in [-0.2, -0.15) is 0 Å². The summed E-state index contributed by atoms with van der Waals surface area (Å²) in [6.45, 7) is 8.71. The van der Waals surface area contributed by atoms with Gasteiger partial charge in [0.05, 0.1) is 18.8 Å². The van der Waals surface area contributed by atoms with Crippen molar-refractivity contribution in [1.29, 1.82) is 0 Å². The Labute approximate surface area is 124 Å². The van der Waals surface area contributed by atoms with Gasteiger partial charge in [0, 0.05) is 13.1 Å². The zero-order valence-electron chi connectivity index (χ0n) is 13.3. The van der Waals surface area contributed by atoms with Crippen LogP contribution in [-0.2, 0) is 4.74 Å². The van der Waals surface area contributed by atoms with Crippen molar-refractivity contribution in [2.24, 2.45) is 17.7 Å². The van der Waals surface area contributed by atoms with E-state index in [2.05, 4.69) is 24.2 Å². The first-order valence-electron chi connectivity index (χ1n) is 8.60. The molecule has 1 aliphatic heterocycles. The molecule has 0 aromatic heterocycles. The largest absolute Gasteiger partial charge is 0.374 e. The third-order valence-electron chi connectivity index (χ3n) is 5.26. The summed E-state index contributed by atoms with van der Waals surface area (Å²) in [6.07, 6.45) is 8.16. The highest BCUT2D eigenvalue weighted by atomic mass is 16.5. The van der Waals surface area contributed by atoms with E-state index in [0.717, 1.165) is 25.6 Å². The number of morpholine rings is 1. The maximum absolute atomic E-state index is 6.07. The van der Waals surface area contributed by atoms with Gasteiger partial charge in [0.25, 0.3) is 0 Å². The summed E-state index contributed by atoms with van der Waals surface area (Å²) in [4.78, 5) is 2.53. The minimum absolute atomic E-state index is 0.262. The summed E-state index contributed by atoms with van der Waals surface area (Å²) in [5, 5.41) is 0. The Morgan fingerprint density at radius 3 is 2.80 bits per heavy atom. The van der Waals surface area contributed by atoms with E-state index in [0.29, 0.717) is 12.0 Å². The minimum Gasteiger partial charge on any atom is -0.374 e. The van der Waals surface area contributed by atoms with Crippen molar-refractivity contribution in [3.05, 3.63) is 0 Å². The molecular weight excluding hydrogens is 250 g/mol. The monoisotopic (exact) mass is 283 g/mol. The molecule has 4 heteroatoms. The normalized spacial score (nSPS) is 34.0. The van der Waals surface area contributed by atoms with Gasteiger partial charge in [0.15, 0.2) is 0 Å². The molecule has 0 amide bonds. The molecular formula is C16H33N3O. The Hall–Kier alpha value is -0.160. The topological polar surface area (TPSA) is 50.5 Å². The van der Waals surface area contributed by atoms with Gasteiger partial charge < -0.3 is 4.74 Å². The zero-order valence-corrected chi connectivity index (χ0v) is 13.3. The Morgan fingerprint density at radius 1 is 1.30 bits per heavy atom. The lowest BCUT2D eigenvalue weighted by molar-refractivity contribution is -0.0653. The van der Waals surface area contributed by atoms with Crippen LogP contribution < -0.4 is 11.3 Å². The fraction of sp³-hybridized carbons (Fsp3) is 1.00. The highest BCUT2D eigenvalue weighted by Crippen LogP contribution is 2.36. The molecule has 1 aliphatic carbocycles. The van der Waals surface area contributed by atoms with Crippen molar-refractivity contribution in [3.63, 3.8) is 0 Å². The van der Waals surface area contributed by atoms with Gasteiger partial charge in [-0.15, -0.1) is 0 Å². The number of hydrogen-bond donors (Lipinski definition) is 2. The van der Waals surface area contributed by atoms with E-state index in [-0.39, 0.29) is 6.10 Å². The van der Waals surface area contributed by atoms with Crippen molar-refractivity contribution in [1.82, 2.24) is 10.3 Å². The predicted octanol–water partition coefficient (Wildman–Crippen LogP) is 2.15. The molecule has 1 saturated carbocycles. The van der Waals surface area contributed by atoms with Crippen molar-refractivity contribution in [3.8, 4) is 0 Å². The summed E-state index contributed by atoms with van der Waals surface area (Å²) < 4.78 is 6.07. The summed E-state index contributed by atoms with van der Waals surface area (Å²) in [5.74, 6) is 7.42. The van der Waals surface area contributed by atoms with E-state index >= 15 is 0 Å². The van der Waals surface area contributed by atoms with Crippen LogP contribution >= 0.6 is 0 Å². The Kier molecular flexibility index (Phi) is 6.75. The van der Waals surface area contributed by atoms with Crippen molar-refractivity contribution >= 4 is 0 Å². The average molecular weight is 283 g/mol. The summed E-state index contributed by atoms with van der Waals surface area (Å²) in [7, 11) is 0. The lowest BCUT2D eigenvalue weighted by Gasteiger charge is -2.43. The van der Waals surface area contributed by atoms with Gasteiger partial charge in [-0.05, 0) is 31.2 Å². The van der Waals surface area contributed by atoms with Gasteiger partial charge in [0.1, 0.15) is 0 Å². The molecule has 0 aromatic carbocycles. The molecule has 4 atom stereocenters. The van der Waals surface area contributed by atoms with Crippen LogP contribution in [0.15, 0.2) is 0 Å². The molecule has 0 radical (unpaired) electrons. The second kappa shape index (κ2) is 8.32. The summed E-state index contributed by atoms with van der Waals surface area (Å²) in [5.41, 5.74) is 3.12. The van der Waals surface area contributed by atoms with E-state index in [1.165, 1.54) is 45.1 Å². The first-order chi connectivity index (χ1) is 9.80. The number of nitrogens with one attached hydrogen (secondary N) is 1. The van der Waals surface area contributed by atoms with Crippen LogP contribution in [0, 0.1) is 11.8 Å². The lowest BCUT2D eigenvalue weighted by atomic mass is 9.72. The molecule has 4 nitrogen and oxygen atoms in total. The van der Waals surface area contributed by atoms with Gasteiger partial charge in [-0.3, -0.25) is 16.2 Å². The molecule has 1 saturated heterocycles. The number of nitrogens with two attached hydrogens (primary N) is 1. The third-order valence-corrected chi connectivity index (χ3v) is 5.26. The SMILES string of the molecule is CCCN1CCOC(C(NN)C2CCCCC2CC)C1. The fourth-order valence-electron chi connectivity index (χ4n) is 4.19. The molecule has 0 spiro atoms. The number of nitrogens with zero attached hydrogens (tertiary/aromatic N) is 1. The highest BCUT2D eigenvalue weighted by molar-refractivity contribution is 4.91. The van der Waals surface area contributed by atoms with Gasteiger partial charge in [0.2, 0.25) is 0 Å². The molecule has 2 fully saturated rings. The zero-order chi connectivity index (χ0) is 14.4. The second-order valence-corrected chi connectivity index (χ2v) is 6.52. The molecule has 0 aromatic rings. The third kappa shape index (κ3) is 3.94. The average Bonchev–Trinajstić information content (AvgIpc) is 2.49. The predicted molar refractivity (Wildman–Crippen MR) is 83.3 cm³/mol. The number of hydrogen-bond acceptors (Lipinski definition) is 4. The van der Waals surface area contributed by atoms with Crippen LogP contribution in [0.1, 0.15) is 52.4 Å². The Bertz CT molecular complexity index is 272. The first-order valence-corrected chi connectivity index (χ1v) is 8.60. The summed E-state index contributed by atoms with van der Waals surface area (Å²) >= 11 is 0. The molecule has 4 unspecified atom stereocenters.